The van der Waals surface area contributed by atoms with E-state index in [1.807, 2.05) is 0 Å². The number of carbonyl (C=O) groups excluding carboxylic acids is 1. The zero-order chi connectivity index (χ0) is 19.7. The van der Waals surface area contributed by atoms with Crippen LogP contribution in [0.2, 0.25) is 0 Å². The first-order chi connectivity index (χ1) is 13.5. The largest absolute Gasteiger partial charge is 0.497 e. The van der Waals surface area contributed by atoms with E-state index < -0.39 is 18.5 Å². The summed E-state index contributed by atoms with van der Waals surface area (Å²) in [5.41, 5.74) is 12.7. The summed E-state index contributed by atoms with van der Waals surface area (Å²) in [4.78, 5) is 24.3. The van der Waals surface area contributed by atoms with Gasteiger partial charge in [-0.1, -0.05) is 0 Å². The van der Waals surface area contributed by atoms with Crippen molar-refractivity contribution in [1.29, 1.82) is 0 Å². The smallest absolute Gasteiger partial charge is 0.338 e. The van der Waals surface area contributed by atoms with Crippen molar-refractivity contribution in [3.8, 4) is 5.75 Å². The molecule has 146 valence electrons. The quantitative estimate of drug-likeness (QED) is 0.601. The summed E-state index contributed by atoms with van der Waals surface area (Å²) in [6.07, 6.45) is 0.291. The van der Waals surface area contributed by atoms with Gasteiger partial charge in [0.15, 0.2) is 24.0 Å². The summed E-state index contributed by atoms with van der Waals surface area (Å²) in [7, 11) is 1.55. The third-order valence-corrected chi connectivity index (χ3v) is 4.19. The summed E-state index contributed by atoms with van der Waals surface area (Å²) >= 11 is 0. The van der Waals surface area contributed by atoms with E-state index in [1.165, 1.54) is 6.33 Å². The van der Waals surface area contributed by atoms with Crippen LogP contribution in [0.25, 0.3) is 11.2 Å². The summed E-state index contributed by atoms with van der Waals surface area (Å²) in [6.45, 7) is 0.160. The van der Waals surface area contributed by atoms with Gasteiger partial charge in [0.25, 0.3) is 0 Å². The van der Waals surface area contributed by atoms with Crippen molar-refractivity contribution in [2.45, 2.75) is 12.5 Å². The van der Waals surface area contributed by atoms with Gasteiger partial charge in [-0.25, -0.2) is 9.78 Å². The third kappa shape index (κ3) is 3.40. The second kappa shape index (κ2) is 7.29. The van der Waals surface area contributed by atoms with Crippen molar-refractivity contribution in [2.24, 2.45) is 0 Å². The normalized spacial score (nSPS) is 19.0. The number of anilines is 2. The third-order valence-electron chi connectivity index (χ3n) is 4.19. The van der Waals surface area contributed by atoms with Crippen LogP contribution in [0.5, 0.6) is 5.75 Å². The Bertz CT molecular complexity index is 1010. The Balaban J connectivity index is 1.38. The number of aromatic nitrogens is 4. The number of nitrogen functional groups attached to an aromatic ring is 2. The van der Waals surface area contributed by atoms with Crippen LogP contribution >= 0.6 is 0 Å². The molecule has 1 aliphatic heterocycles. The molecule has 1 aliphatic rings. The average molecular weight is 386 g/mol. The van der Waals surface area contributed by atoms with Gasteiger partial charge in [0.05, 0.1) is 25.6 Å². The van der Waals surface area contributed by atoms with Crippen LogP contribution in [-0.4, -0.2) is 52.1 Å². The van der Waals surface area contributed by atoms with E-state index in [-0.39, 0.29) is 25.0 Å². The molecule has 0 bridgehead atoms. The number of nitrogens with zero attached hydrogens (tertiary/aromatic N) is 4. The number of hydrogen-bond donors (Lipinski definition) is 2. The molecule has 0 saturated carbocycles. The number of imidazole rings is 1. The van der Waals surface area contributed by atoms with Gasteiger partial charge in [-0.2, -0.15) is 9.97 Å². The number of ether oxygens (including phenoxy) is 4. The maximum Gasteiger partial charge on any atom is 0.338 e. The van der Waals surface area contributed by atoms with Crippen LogP contribution in [0.3, 0.4) is 0 Å². The minimum Gasteiger partial charge on any atom is -0.497 e. The molecule has 1 aromatic carbocycles. The van der Waals surface area contributed by atoms with E-state index >= 15 is 0 Å². The highest BCUT2D eigenvalue weighted by molar-refractivity contribution is 5.89. The van der Waals surface area contributed by atoms with E-state index in [1.54, 1.807) is 35.9 Å². The molecule has 0 aliphatic carbocycles. The lowest BCUT2D eigenvalue weighted by Crippen LogP contribution is -2.20. The molecule has 4 rings (SSSR count). The average Bonchev–Trinajstić information content (AvgIpc) is 3.33. The number of methoxy groups -OCH3 is 1. The lowest BCUT2D eigenvalue weighted by atomic mass is 10.2. The molecule has 28 heavy (non-hydrogen) atoms. The van der Waals surface area contributed by atoms with Crippen LogP contribution in [0.1, 0.15) is 16.6 Å². The molecule has 2 aromatic heterocycles. The van der Waals surface area contributed by atoms with Gasteiger partial charge >= 0.3 is 5.97 Å². The van der Waals surface area contributed by atoms with Gasteiger partial charge in [0.2, 0.25) is 5.95 Å². The fraction of sp³-hybridized carbons (Fsp3) is 0.294. The first kappa shape index (κ1) is 17.9. The molecule has 0 amide bonds. The second-order valence-electron chi connectivity index (χ2n) is 5.97. The highest BCUT2D eigenvalue weighted by atomic mass is 16.7. The van der Waals surface area contributed by atoms with E-state index in [0.717, 1.165) is 0 Å². The van der Waals surface area contributed by atoms with Crippen LogP contribution in [0, 0.1) is 0 Å². The first-order valence-electron chi connectivity index (χ1n) is 8.39. The number of nitrogens with two attached hydrogens (primary N) is 2. The van der Waals surface area contributed by atoms with Crippen molar-refractivity contribution in [3.63, 3.8) is 0 Å². The number of carbonyl (C=O) groups is 1. The van der Waals surface area contributed by atoms with Crippen molar-refractivity contribution >= 4 is 28.9 Å². The van der Waals surface area contributed by atoms with E-state index in [2.05, 4.69) is 15.0 Å². The lowest BCUT2D eigenvalue weighted by Gasteiger charge is -2.13. The van der Waals surface area contributed by atoms with Crippen LogP contribution < -0.4 is 16.2 Å². The van der Waals surface area contributed by atoms with Gasteiger partial charge in [0, 0.05) is 0 Å². The standard InChI is InChI=1S/C17H18N6O5/c1-25-10-4-2-9(3-5-10)16(24)27-7-12-26-6-11(28-12)23-8-20-13-14(18)21-17(19)22-15(13)23/h2-5,8,11-12H,6-7H2,1H3,(H4,18,19,21,22)/t11-,12-/m1/s1. The number of fused-ring (bicyclic) bond motifs is 1. The highest BCUT2D eigenvalue weighted by Gasteiger charge is 2.30. The number of esters is 1. The molecule has 4 N–H and O–H groups in total. The number of hydrogen-bond acceptors (Lipinski definition) is 10. The van der Waals surface area contributed by atoms with Gasteiger partial charge in [-0.15, -0.1) is 0 Å². The molecular formula is C17H18N6O5. The molecule has 1 fully saturated rings. The predicted molar refractivity (Wildman–Crippen MR) is 97.3 cm³/mol. The number of rotatable bonds is 5. The Labute approximate surface area is 159 Å². The molecule has 11 heteroatoms. The SMILES string of the molecule is COc1ccc(C(=O)OC[C@@H]2OC[C@H](n3cnc4c(N)nc(N)nc43)O2)cc1. The Kier molecular flexibility index (Phi) is 4.67. The molecule has 2 atom stereocenters. The van der Waals surface area contributed by atoms with Gasteiger partial charge in [-0.3, -0.25) is 4.57 Å². The zero-order valence-electron chi connectivity index (χ0n) is 14.9. The minimum atomic E-state index is -0.721. The Morgan fingerprint density at radius 3 is 2.82 bits per heavy atom. The minimum absolute atomic E-state index is 0.0376. The highest BCUT2D eigenvalue weighted by Crippen LogP contribution is 2.26. The first-order valence-corrected chi connectivity index (χ1v) is 8.39. The summed E-state index contributed by atoms with van der Waals surface area (Å²) in [5, 5.41) is 0. The lowest BCUT2D eigenvalue weighted by molar-refractivity contribution is -0.102. The van der Waals surface area contributed by atoms with Crippen LogP contribution in [0.15, 0.2) is 30.6 Å². The zero-order valence-corrected chi connectivity index (χ0v) is 14.9. The van der Waals surface area contributed by atoms with E-state index in [0.29, 0.717) is 22.5 Å². The number of benzene rings is 1. The maximum atomic E-state index is 12.1. The summed E-state index contributed by atoms with van der Waals surface area (Å²) < 4.78 is 23.3. The van der Waals surface area contributed by atoms with Crippen LogP contribution in [-0.2, 0) is 14.2 Å². The topological polar surface area (TPSA) is 150 Å². The Hall–Kier alpha value is -3.44. The van der Waals surface area contributed by atoms with E-state index in [4.69, 9.17) is 30.4 Å². The molecular weight excluding hydrogens is 368 g/mol. The summed E-state index contributed by atoms with van der Waals surface area (Å²) in [5.74, 6) is 0.389. The van der Waals surface area contributed by atoms with Crippen molar-refractivity contribution < 1.29 is 23.7 Å². The Morgan fingerprint density at radius 2 is 2.07 bits per heavy atom. The van der Waals surface area contributed by atoms with Gasteiger partial charge in [-0.05, 0) is 24.3 Å². The molecule has 0 spiro atoms. The maximum absolute atomic E-state index is 12.1. The van der Waals surface area contributed by atoms with Crippen molar-refractivity contribution in [2.75, 3.05) is 31.8 Å². The van der Waals surface area contributed by atoms with Gasteiger partial charge in [0.1, 0.15) is 17.9 Å². The molecule has 0 unspecified atom stereocenters. The predicted octanol–water partition coefficient (Wildman–Crippen LogP) is 0.728. The molecule has 11 nitrogen and oxygen atoms in total. The van der Waals surface area contributed by atoms with Crippen molar-refractivity contribution in [3.05, 3.63) is 36.2 Å². The van der Waals surface area contributed by atoms with Crippen molar-refractivity contribution in [1.82, 2.24) is 19.5 Å². The molecule has 0 radical (unpaired) electrons. The monoisotopic (exact) mass is 386 g/mol. The van der Waals surface area contributed by atoms with Crippen LogP contribution in [0.4, 0.5) is 11.8 Å². The van der Waals surface area contributed by atoms with Gasteiger partial charge < -0.3 is 30.4 Å². The van der Waals surface area contributed by atoms with E-state index in [9.17, 15) is 4.79 Å². The fourth-order valence-corrected chi connectivity index (χ4v) is 2.80. The fourth-order valence-electron chi connectivity index (χ4n) is 2.80. The molecule has 3 aromatic rings. The summed E-state index contributed by atoms with van der Waals surface area (Å²) in [6, 6.07) is 6.59. The molecule has 3 heterocycles. The second-order valence-corrected chi connectivity index (χ2v) is 5.97. The Morgan fingerprint density at radius 1 is 1.29 bits per heavy atom. The molecule has 1 saturated heterocycles.